The summed E-state index contributed by atoms with van der Waals surface area (Å²) < 4.78 is 0. The fraction of sp³-hybridized carbons (Fsp3) is 0.400. The molecule has 1 aromatic rings. The summed E-state index contributed by atoms with van der Waals surface area (Å²) in [6, 6.07) is 8.57. The first-order chi connectivity index (χ1) is 5.70. The lowest BCUT2D eigenvalue weighted by Crippen LogP contribution is -1.88. The van der Waals surface area contributed by atoms with Crippen LogP contribution in [0.3, 0.4) is 0 Å². The summed E-state index contributed by atoms with van der Waals surface area (Å²) in [5.74, 6) is 1.12. The van der Waals surface area contributed by atoms with E-state index in [1.54, 1.807) is 0 Å². The molecule has 1 aromatic carbocycles. The summed E-state index contributed by atoms with van der Waals surface area (Å²) in [6.07, 6.45) is 0. The van der Waals surface area contributed by atoms with Crippen molar-refractivity contribution in [1.29, 1.82) is 0 Å². The molecule has 0 amide bonds. The highest BCUT2D eigenvalue weighted by molar-refractivity contribution is 8.02. The molecule has 0 spiro atoms. The largest absolute Gasteiger partial charge is 0.150 e. The lowest BCUT2D eigenvalue weighted by atomic mass is 10.1. The van der Waals surface area contributed by atoms with Gasteiger partial charge < -0.3 is 0 Å². The van der Waals surface area contributed by atoms with E-state index in [1.165, 1.54) is 11.1 Å². The summed E-state index contributed by atoms with van der Waals surface area (Å²) in [5, 5.41) is 0. The highest BCUT2D eigenvalue weighted by atomic mass is 32.2. The van der Waals surface area contributed by atoms with Crippen molar-refractivity contribution in [2.75, 3.05) is 0 Å². The Kier molecular flexibility index (Phi) is 4.11. The van der Waals surface area contributed by atoms with Gasteiger partial charge in [-0.05, 0) is 25.0 Å². The third-order valence-electron chi connectivity index (χ3n) is 1.76. The summed E-state index contributed by atoms with van der Waals surface area (Å²) in [5.41, 5.74) is 2.85. The molecule has 0 aromatic heterocycles. The molecule has 0 N–H and O–H groups in total. The second kappa shape index (κ2) is 4.89. The van der Waals surface area contributed by atoms with Gasteiger partial charge in [0.1, 0.15) is 0 Å². The van der Waals surface area contributed by atoms with Crippen LogP contribution in [0.25, 0.3) is 0 Å². The molecule has 2 unspecified atom stereocenters. The number of aryl methyl sites for hydroxylation is 1. The van der Waals surface area contributed by atoms with Crippen molar-refractivity contribution in [3.8, 4) is 0 Å². The number of thioether (sulfide) groups is 1. The fourth-order valence-corrected chi connectivity index (χ4v) is 2.05. The van der Waals surface area contributed by atoms with Crippen LogP contribution in [0, 0.1) is 6.92 Å². The van der Waals surface area contributed by atoms with Crippen LogP contribution in [0.4, 0.5) is 0 Å². The van der Waals surface area contributed by atoms with Crippen molar-refractivity contribution in [2.45, 2.75) is 24.6 Å². The van der Waals surface area contributed by atoms with E-state index in [-0.39, 0.29) is 0 Å². The number of hydrogen-bond acceptors (Lipinski definition) is 1. The molecular weight excluding hydrogens is 183 g/mol. The predicted molar refractivity (Wildman–Crippen MR) is 61.6 cm³/mol. The van der Waals surface area contributed by atoms with E-state index >= 15 is 0 Å². The lowest BCUT2D eigenvalue weighted by Gasteiger charge is -2.06. The van der Waals surface area contributed by atoms with Crippen molar-refractivity contribution in [2.24, 2.45) is 0 Å². The molecule has 2 heteroatoms. The Morgan fingerprint density at radius 2 is 2.08 bits per heavy atom. The predicted octanol–water partition coefficient (Wildman–Crippen LogP) is 3.45. The Labute approximate surface area is 81.3 Å². The van der Waals surface area contributed by atoms with Crippen molar-refractivity contribution in [3.63, 3.8) is 0 Å². The van der Waals surface area contributed by atoms with Crippen molar-refractivity contribution < 1.29 is 0 Å². The van der Waals surface area contributed by atoms with Gasteiger partial charge in [-0.1, -0.05) is 24.3 Å². The zero-order valence-corrected chi connectivity index (χ0v) is 9.55. The average Bonchev–Trinajstić information content (AvgIpc) is 2.03. The quantitative estimate of drug-likeness (QED) is 0.670. The molecule has 0 radical (unpaired) electrons. The topological polar surface area (TPSA) is 0 Å². The molecule has 0 aliphatic rings. The summed E-state index contributed by atoms with van der Waals surface area (Å²) in [6.45, 7) is 4.37. The van der Waals surface area contributed by atoms with Crippen LogP contribution in [0.2, 0.25) is 0 Å². The molecular formula is C10H15PS. The highest BCUT2D eigenvalue weighted by Crippen LogP contribution is 2.23. The average molecular weight is 198 g/mol. The van der Waals surface area contributed by atoms with Gasteiger partial charge in [-0.3, -0.25) is 0 Å². The van der Waals surface area contributed by atoms with E-state index in [9.17, 15) is 0 Å². The molecule has 0 fully saturated rings. The molecule has 1 rings (SSSR count). The second-order valence-corrected chi connectivity index (χ2v) is 5.79. The van der Waals surface area contributed by atoms with Gasteiger partial charge in [0.15, 0.2) is 0 Å². The molecule has 0 heterocycles. The minimum Gasteiger partial charge on any atom is -0.150 e. The van der Waals surface area contributed by atoms with E-state index in [0.29, 0.717) is 4.99 Å². The molecule has 12 heavy (non-hydrogen) atoms. The van der Waals surface area contributed by atoms with Crippen LogP contribution in [0.1, 0.15) is 18.1 Å². The van der Waals surface area contributed by atoms with Gasteiger partial charge in [-0.25, -0.2) is 0 Å². The van der Waals surface area contributed by atoms with Gasteiger partial charge in [0.25, 0.3) is 0 Å². The number of benzene rings is 1. The van der Waals surface area contributed by atoms with Gasteiger partial charge in [-0.15, -0.1) is 21.0 Å². The standard InChI is InChI=1S/C10H15PS/c1-8-5-3-4-6-10(8)7-12-9(2)11/h3-6,9H,7,11H2,1-2H3. The van der Waals surface area contributed by atoms with Gasteiger partial charge in [0.2, 0.25) is 0 Å². The molecule has 2 atom stereocenters. The van der Waals surface area contributed by atoms with Gasteiger partial charge in [0.05, 0.1) is 0 Å². The smallest absolute Gasteiger partial charge is 0.0193 e. The maximum Gasteiger partial charge on any atom is 0.0193 e. The fourth-order valence-electron chi connectivity index (χ4n) is 0.993. The van der Waals surface area contributed by atoms with Crippen molar-refractivity contribution in [3.05, 3.63) is 35.4 Å². The monoisotopic (exact) mass is 198 g/mol. The lowest BCUT2D eigenvalue weighted by molar-refractivity contribution is 1.29. The van der Waals surface area contributed by atoms with Crippen LogP contribution in [0.5, 0.6) is 0 Å². The third-order valence-corrected chi connectivity index (χ3v) is 3.34. The van der Waals surface area contributed by atoms with Crippen LogP contribution in [-0.4, -0.2) is 4.99 Å². The second-order valence-electron chi connectivity index (χ2n) is 2.94. The van der Waals surface area contributed by atoms with E-state index in [1.807, 2.05) is 11.8 Å². The van der Waals surface area contributed by atoms with Crippen molar-refractivity contribution >= 4 is 21.0 Å². The first-order valence-electron chi connectivity index (χ1n) is 4.12. The van der Waals surface area contributed by atoms with Crippen LogP contribution in [-0.2, 0) is 5.75 Å². The Balaban J connectivity index is 2.57. The zero-order valence-electron chi connectivity index (χ0n) is 7.58. The highest BCUT2D eigenvalue weighted by Gasteiger charge is 1.98. The van der Waals surface area contributed by atoms with Gasteiger partial charge >= 0.3 is 0 Å². The Morgan fingerprint density at radius 1 is 1.42 bits per heavy atom. The Morgan fingerprint density at radius 3 is 2.67 bits per heavy atom. The first kappa shape index (κ1) is 10.1. The minimum absolute atomic E-state index is 0.643. The van der Waals surface area contributed by atoms with Crippen LogP contribution in [0.15, 0.2) is 24.3 Å². The molecule has 0 saturated carbocycles. The third kappa shape index (κ3) is 3.16. The number of rotatable bonds is 3. The van der Waals surface area contributed by atoms with E-state index in [2.05, 4.69) is 47.4 Å². The number of hydrogen-bond donors (Lipinski definition) is 0. The summed E-state index contributed by atoms with van der Waals surface area (Å²) in [7, 11) is 2.81. The van der Waals surface area contributed by atoms with Gasteiger partial charge in [0, 0.05) is 10.7 Å². The van der Waals surface area contributed by atoms with Crippen LogP contribution >= 0.6 is 21.0 Å². The van der Waals surface area contributed by atoms with E-state index in [4.69, 9.17) is 0 Å². The molecule has 66 valence electrons. The SMILES string of the molecule is Cc1ccccc1CSC(C)P. The maximum atomic E-state index is 2.81. The molecule has 0 aliphatic heterocycles. The molecule has 0 nitrogen and oxygen atoms in total. The van der Waals surface area contributed by atoms with Gasteiger partial charge in [-0.2, -0.15) is 0 Å². The van der Waals surface area contributed by atoms with Crippen molar-refractivity contribution in [1.82, 2.24) is 0 Å². The first-order valence-corrected chi connectivity index (χ1v) is 5.83. The summed E-state index contributed by atoms with van der Waals surface area (Å²) in [4.78, 5) is 0.643. The zero-order chi connectivity index (χ0) is 8.97. The maximum absolute atomic E-state index is 2.81. The van der Waals surface area contributed by atoms with E-state index in [0.717, 1.165) is 5.75 Å². The van der Waals surface area contributed by atoms with Crippen LogP contribution < -0.4 is 0 Å². The minimum atomic E-state index is 0.643. The Bertz CT molecular complexity index is 245. The van der Waals surface area contributed by atoms with E-state index < -0.39 is 0 Å². The Hall–Kier alpha value is -0.0000000000000000555. The molecule has 0 bridgehead atoms. The normalized spacial score (nSPS) is 12.9. The summed E-state index contributed by atoms with van der Waals surface area (Å²) >= 11 is 1.96. The molecule has 0 saturated heterocycles. The molecule has 0 aliphatic carbocycles.